The van der Waals surface area contributed by atoms with Crippen LogP contribution in [0.15, 0.2) is 77.9 Å². The molecule has 0 unspecified atom stereocenters. The van der Waals surface area contributed by atoms with Crippen LogP contribution in [0.25, 0.3) is 11.5 Å². The standard InChI is InChI=1S/C22H17ClN6O/c23-19-11-17(12-24-21(19)22-26-28-29(27-22)18-13-30-14-18)25-20(15-7-3-1-4-8-15)16-9-5-2-6-10-16/h1-12,18H,13-14H2. The maximum atomic E-state index is 6.50. The molecule has 0 aliphatic carbocycles. The maximum Gasteiger partial charge on any atom is 0.224 e. The molecule has 2 aromatic heterocycles. The van der Waals surface area contributed by atoms with Gasteiger partial charge in [0.2, 0.25) is 5.82 Å². The summed E-state index contributed by atoms with van der Waals surface area (Å²) in [6, 6.07) is 21.9. The average Bonchev–Trinajstić information content (AvgIpc) is 3.21. The van der Waals surface area contributed by atoms with Crippen molar-refractivity contribution in [1.29, 1.82) is 0 Å². The first-order valence-electron chi connectivity index (χ1n) is 9.50. The van der Waals surface area contributed by atoms with E-state index < -0.39 is 0 Å². The Hall–Kier alpha value is -3.42. The Labute approximate surface area is 178 Å². The molecule has 2 aromatic carbocycles. The molecule has 0 radical (unpaired) electrons. The SMILES string of the molecule is Clc1cc(N=C(c2ccccc2)c2ccccc2)cnc1-c1nnn(C2COC2)n1. The highest BCUT2D eigenvalue weighted by atomic mass is 35.5. The van der Waals surface area contributed by atoms with E-state index in [0.29, 0.717) is 35.4 Å². The van der Waals surface area contributed by atoms with E-state index in [1.165, 1.54) is 0 Å². The zero-order valence-electron chi connectivity index (χ0n) is 15.9. The number of tetrazole rings is 1. The minimum Gasteiger partial charge on any atom is -0.377 e. The number of aromatic nitrogens is 5. The molecule has 7 nitrogen and oxygen atoms in total. The first kappa shape index (κ1) is 18.6. The second-order valence-corrected chi connectivity index (χ2v) is 7.25. The van der Waals surface area contributed by atoms with E-state index >= 15 is 0 Å². The predicted molar refractivity (Wildman–Crippen MR) is 114 cm³/mol. The predicted octanol–water partition coefficient (Wildman–Crippen LogP) is 4.13. The smallest absolute Gasteiger partial charge is 0.224 e. The van der Waals surface area contributed by atoms with Crippen LogP contribution in [0.1, 0.15) is 17.2 Å². The van der Waals surface area contributed by atoms with Crippen molar-refractivity contribution in [2.45, 2.75) is 6.04 Å². The summed E-state index contributed by atoms with van der Waals surface area (Å²) < 4.78 is 5.17. The molecule has 0 amide bonds. The van der Waals surface area contributed by atoms with Gasteiger partial charge in [0.1, 0.15) is 11.7 Å². The molecule has 5 rings (SSSR count). The largest absolute Gasteiger partial charge is 0.377 e. The van der Waals surface area contributed by atoms with Gasteiger partial charge in [0, 0.05) is 11.1 Å². The van der Waals surface area contributed by atoms with E-state index in [4.69, 9.17) is 21.3 Å². The zero-order chi connectivity index (χ0) is 20.3. The molecule has 1 aliphatic rings. The van der Waals surface area contributed by atoms with Crippen molar-refractivity contribution in [1.82, 2.24) is 25.2 Å². The lowest BCUT2D eigenvalue weighted by atomic mass is 10.0. The van der Waals surface area contributed by atoms with E-state index in [1.807, 2.05) is 60.7 Å². The number of nitrogens with zero attached hydrogens (tertiary/aromatic N) is 6. The first-order chi connectivity index (χ1) is 14.8. The van der Waals surface area contributed by atoms with Gasteiger partial charge in [-0.3, -0.25) is 0 Å². The fraction of sp³-hybridized carbons (Fsp3) is 0.136. The quantitative estimate of drug-likeness (QED) is 0.457. The van der Waals surface area contributed by atoms with E-state index in [1.54, 1.807) is 17.1 Å². The number of halogens is 1. The lowest BCUT2D eigenvalue weighted by molar-refractivity contribution is -0.0354. The molecule has 0 atom stereocenters. The number of pyridine rings is 1. The fourth-order valence-corrected chi connectivity index (χ4v) is 3.35. The second-order valence-electron chi connectivity index (χ2n) is 6.84. The van der Waals surface area contributed by atoms with E-state index in [9.17, 15) is 0 Å². The molecule has 1 fully saturated rings. The molecular formula is C22H17ClN6O. The van der Waals surface area contributed by atoms with Gasteiger partial charge in [-0.1, -0.05) is 72.3 Å². The number of aliphatic imine (C=N–C) groups is 1. The number of rotatable bonds is 5. The molecule has 148 valence electrons. The van der Waals surface area contributed by atoms with E-state index in [-0.39, 0.29) is 6.04 Å². The van der Waals surface area contributed by atoms with Crippen molar-refractivity contribution < 1.29 is 4.74 Å². The van der Waals surface area contributed by atoms with Gasteiger partial charge in [0.15, 0.2) is 0 Å². The van der Waals surface area contributed by atoms with Crippen molar-refractivity contribution in [3.8, 4) is 11.5 Å². The summed E-state index contributed by atoms with van der Waals surface area (Å²) in [5, 5.41) is 13.0. The molecule has 1 saturated heterocycles. The van der Waals surface area contributed by atoms with Gasteiger partial charge >= 0.3 is 0 Å². The van der Waals surface area contributed by atoms with Gasteiger partial charge in [-0.15, -0.1) is 10.2 Å². The number of hydrogen-bond acceptors (Lipinski definition) is 6. The van der Waals surface area contributed by atoms with Gasteiger partial charge in [-0.05, 0) is 11.3 Å². The molecule has 0 N–H and O–H groups in total. The molecule has 4 aromatic rings. The van der Waals surface area contributed by atoms with Gasteiger partial charge in [-0.25, -0.2) is 9.98 Å². The van der Waals surface area contributed by atoms with Gasteiger partial charge in [-0.2, -0.15) is 4.80 Å². The molecular weight excluding hydrogens is 400 g/mol. The Morgan fingerprint density at radius 3 is 2.23 bits per heavy atom. The van der Waals surface area contributed by atoms with Crippen LogP contribution in [0.5, 0.6) is 0 Å². The summed E-state index contributed by atoms with van der Waals surface area (Å²) >= 11 is 6.50. The average molecular weight is 417 g/mol. The van der Waals surface area contributed by atoms with Crippen LogP contribution in [-0.4, -0.2) is 44.1 Å². The molecule has 0 bridgehead atoms. The van der Waals surface area contributed by atoms with E-state index in [2.05, 4.69) is 20.4 Å². The van der Waals surface area contributed by atoms with Crippen molar-refractivity contribution in [2.75, 3.05) is 13.2 Å². The minimum atomic E-state index is 0.119. The highest BCUT2D eigenvalue weighted by Crippen LogP contribution is 2.28. The monoisotopic (exact) mass is 416 g/mol. The second kappa shape index (κ2) is 8.14. The lowest BCUT2D eigenvalue weighted by Gasteiger charge is -2.23. The topological polar surface area (TPSA) is 78.1 Å². The van der Waals surface area contributed by atoms with Crippen LogP contribution in [0.3, 0.4) is 0 Å². The van der Waals surface area contributed by atoms with Crippen molar-refractivity contribution in [2.24, 2.45) is 4.99 Å². The van der Waals surface area contributed by atoms with Crippen LogP contribution < -0.4 is 0 Å². The van der Waals surface area contributed by atoms with Crippen molar-refractivity contribution >= 4 is 23.0 Å². The Kier molecular flexibility index (Phi) is 5.04. The maximum absolute atomic E-state index is 6.50. The third-order valence-corrected chi connectivity index (χ3v) is 5.04. The normalized spacial score (nSPS) is 13.6. The third kappa shape index (κ3) is 3.72. The van der Waals surface area contributed by atoms with Crippen LogP contribution in [-0.2, 0) is 4.74 Å². The first-order valence-corrected chi connectivity index (χ1v) is 9.88. The molecule has 30 heavy (non-hydrogen) atoms. The zero-order valence-corrected chi connectivity index (χ0v) is 16.6. The fourth-order valence-electron chi connectivity index (χ4n) is 3.10. The number of hydrogen-bond donors (Lipinski definition) is 0. The van der Waals surface area contributed by atoms with Gasteiger partial charge in [0.05, 0.1) is 35.8 Å². The van der Waals surface area contributed by atoms with Crippen LogP contribution in [0, 0.1) is 0 Å². The molecule has 3 heterocycles. The van der Waals surface area contributed by atoms with Crippen molar-refractivity contribution in [3.63, 3.8) is 0 Å². The molecule has 0 saturated carbocycles. The van der Waals surface area contributed by atoms with Crippen LogP contribution >= 0.6 is 11.6 Å². The summed E-state index contributed by atoms with van der Waals surface area (Å²) in [7, 11) is 0. The van der Waals surface area contributed by atoms with Crippen molar-refractivity contribution in [3.05, 3.63) is 89.1 Å². The number of benzene rings is 2. The Morgan fingerprint density at radius 1 is 1.00 bits per heavy atom. The molecule has 1 aliphatic heterocycles. The van der Waals surface area contributed by atoms with E-state index in [0.717, 1.165) is 16.8 Å². The van der Waals surface area contributed by atoms with Crippen LogP contribution in [0.2, 0.25) is 5.02 Å². The summed E-state index contributed by atoms with van der Waals surface area (Å²) in [5.74, 6) is 0.383. The summed E-state index contributed by atoms with van der Waals surface area (Å²) in [6.07, 6.45) is 1.67. The van der Waals surface area contributed by atoms with Gasteiger partial charge in [0.25, 0.3) is 0 Å². The molecule has 0 spiro atoms. The van der Waals surface area contributed by atoms with Gasteiger partial charge < -0.3 is 4.74 Å². The summed E-state index contributed by atoms with van der Waals surface area (Å²) in [6.45, 7) is 1.18. The molecule has 8 heteroatoms. The Morgan fingerprint density at radius 2 is 1.67 bits per heavy atom. The van der Waals surface area contributed by atoms with Crippen LogP contribution in [0.4, 0.5) is 5.69 Å². The lowest BCUT2D eigenvalue weighted by Crippen LogP contribution is -2.32. The highest BCUT2D eigenvalue weighted by molar-refractivity contribution is 6.33. The Balaban J connectivity index is 1.50. The summed E-state index contributed by atoms with van der Waals surface area (Å²) in [5.41, 5.74) is 3.98. The third-order valence-electron chi connectivity index (χ3n) is 4.75. The summed E-state index contributed by atoms with van der Waals surface area (Å²) in [4.78, 5) is 10.8. The Bertz CT molecular complexity index is 1150. The highest BCUT2D eigenvalue weighted by Gasteiger charge is 2.24. The number of ether oxygens (including phenoxy) is 1. The minimum absolute atomic E-state index is 0.119.